The van der Waals surface area contributed by atoms with E-state index in [-0.39, 0.29) is 29.9 Å². The number of benzene rings is 2. The van der Waals surface area contributed by atoms with Crippen molar-refractivity contribution in [2.45, 2.75) is 49.9 Å². The number of nitrogens with zero attached hydrogens (tertiary/aromatic N) is 1. The van der Waals surface area contributed by atoms with Crippen molar-refractivity contribution < 1.29 is 39.3 Å². The molecule has 3 unspecified atom stereocenters. The van der Waals surface area contributed by atoms with Crippen molar-refractivity contribution in [2.75, 3.05) is 13.7 Å². The van der Waals surface area contributed by atoms with E-state index in [0.29, 0.717) is 5.39 Å². The molecule has 0 radical (unpaired) electrons. The van der Waals surface area contributed by atoms with Gasteiger partial charge < -0.3 is 29.6 Å². The SMILES string of the molecule is CON(OC1OC[C@H](O)[C@@H](O)[C@H]1O)C(C)CC(c1ccccc1)c1c(O)c2ccccc2oc1=O. The lowest BCUT2D eigenvalue weighted by molar-refractivity contribution is -0.446. The van der Waals surface area contributed by atoms with Crippen LogP contribution in [0, 0.1) is 0 Å². The minimum Gasteiger partial charge on any atom is -0.507 e. The second-order valence-corrected chi connectivity index (χ2v) is 8.52. The van der Waals surface area contributed by atoms with Crippen LogP contribution >= 0.6 is 0 Å². The molecule has 4 rings (SSSR count). The quantitative estimate of drug-likeness (QED) is 0.274. The summed E-state index contributed by atoms with van der Waals surface area (Å²) in [6, 6.07) is 15.4. The van der Waals surface area contributed by atoms with E-state index in [9.17, 15) is 25.2 Å². The van der Waals surface area contributed by atoms with Crippen molar-refractivity contribution >= 4 is 11.0 Å². The van der Waals surface area contributed by atoms with Gasteiger partial charge in [-0.15, -0.1) is 0 Å². The van der Waals surface area contributed by atoms with Crippen LogP contribution in [0.5, 0.6) is 5.75 Å². The Morgan fingerprint density at radius 3 is 2.46 bits per heavy atom. The summed E-state index contributed by atoms with van der Waals surface area (Å²) >= 11 is 0. The molecule has 0 aliphatic carbocycles. The van der Waals surface area contributed by atoms with E-state index in [1.165, 1.54) is 7.11 Å². The van der Waals surface area contributed by atoms with Crippen molar-refractivity contribution in [1.29, 1.82) is 0 Å². The maximum Gasteiger partial charge on any atom is 0.343 e. The molecule has 1 aliphatic rings. The second kappa shape index (κ2) is 10.8. The third-order valence-corrected chi connectivity index (χ3v) is 6.15. The van der Waals surface area contributed by atoms with Crippen LogP contribution in [0.1, 0.15) is 30.4 Å². The van der Waals surface area contributed by atoms with Gasteiger partial charge in [0.25, 0.3) is 0 Å². The number of ether oxygens (including phenoxy) is 1. The molecule has 2 heterocycles. The number of aliphatic hydroxyl groups excluding tert-OH is 3. The Kier molecular flexibility index (Phi) is 7.82. The maximum atomic E-state index is 13.0. The molecule has 0 saturated carbocycles. The summed E-state index contributed by atoms with van der Waals surface area (Å²) in [5.41, 5.74) is 0.492. The molecule has 0 bridgehead atoms. The fraction of sp³-hybridized carbons (Fsp3) is 0.400. The lowest BCUT2D eigenvalue weighted by Gasteiger charge is -2.38. The molecule has 4 N–H and O–H groups in total. The first-order valence-corrected chi connectivity index (χ1v) is 11.3. The number of aromatic hydroxyl groups is 1. The molecular weight excluding hydrogens is 458 g/mol. The molecule has 1 aliphatic heterocycles. The Morgan fingerprint density at radius 2 is 1.74 bits per heavy atom. The van der Waals surface area contributed by atoms with Gasteiger partial charge >= 0.3 is 5.63 Å². The monoisotopic (exact) mass is 487 g/mol. The highest BCUT2D eigenvalue weighted by Gasteiger charge is 2.40. The van der Waals surface area contributed by atoms with E-state index in [4.69, 9.17) is 18.8 Å². The Hall–Kier alpha value is -2.83. The van der Waals surface area contributed by atoms with E-state index >= 15 is 0 Å². The van der Waals surface area contributed by atoms with Crippen LogP contribution < -0.4 is 5.63 Å². The Balaban J connectivity index is 1.65. The Bertz CT molecular complexity index is 1180. The average Bonchev–Trinajstić information content (AvgIpc) is 2.86. The first kappa shape index (κ1) is 25.3. The number of hydrogen-bond acceptors (Lipinski definition) is 10. The Labute approximate surface area is 201 Å². The molecule has 10 nitrogen and oxygen atoms in total. The highest BCUT2D eigenvalue weighted by molar-refractivity contribution is 5.84. The molecule has 0 amide bonds. The second-order valence-electron chi connectivity index (χ2n) is 8.52. The highest BCUT2D eigenvalue weighted by atomic mass is 17.0. The van der Waals surface area contributed by atoms with Crippen LogP contribution in [-0.2, 0) is 14.4 Å². The molecule has 3 aromatic rings. The number of aliphatic hydroxyl groups is 3. The summed E-state index contributed by atoms with van der Waals surface area (Å²) in [5, 5.41) is 42.4. The molecule has 1 fully saturated rings. The molecule has 1 aromatic heterocycles. The number of rotatable bonds is 8. The molecule has 35 heavy (non-hydrogen) atoms. The zero-order valence-corrected chi connectivity index (χ0v) is 19.4. The van der Waals surface area contributed by atoms with Crippen LogP contribution in [0.25, 0.3) is 11.0 Å². The summed E-state index contributed by atoms with van der Waals surface area (Å²) in [5.74, 6) is -0.760. The van der Waals surface area contributed by atoms with Crippen LogP contribution in [0.4, 0.5) is 0 Å². The Morgan fingerprint density at radius 1 is 1.06 bits per heavy atom. The van der Waals surface area contributed by atoms with Crippen molar-refractivity contribution in [3.05, 3.63) is 76.1 Å². The van der Waals surface area contributed by atoms with Gasteiger partial charge in [0.15, 0.2) is 0 Å². The van der Waals surface area contributed by atoms with E-state index in [1.54, 1.807) is 31.2 Å². The standard InChI is InChI=1S/C25H29NO9/c1-14(26(32-2)35-25-23(30)22(29)18(27)13-33-25)12-17(15-8-4-3-5-9-15)20-21(28)16-10-6-7-11-19(16)34-24(20)31/h3-11,14,17-18,22-23,25,27-30H,12-13H2,1-2H3/t14?,17?,18-,22+,23+,25?/m0/s1. The fourth-order valence-electron chi connectivity index (χ4n) is 4.29. The highest BCUT2D eigenvalue weighted by Crippen LogP contribution is 2.37. The van der Waals surface area contributed by atoms with Crippen LogP contribution in [0.2, 0.25) is 0 Å². The maximum absolute atomic E-state index is 13.0. The van der Waals surface area contributed by atoms with Crippen molar-refractivity contribution in [3.63, 3.8) is 0 Å². The lowest BCUT2D eigenvalue weighted by atomic mass is 9.86. The molecule has 2 aromatic carbocycles. The summed E-state index contributed by atoms with van der Waals surface area (Å²) in [6.07, 6.45) is -5.24. The largest absolute Gasteiger partial charge is 0.507 e. The topological polar surface area (TPSA) is 142 Å². The summed E-state index contributed by atoms with van der Waals surface area (Å²) < 4.78 is 10.8. The van der Waals surface area contributed by atoms with E-state index < -0.39 is 42.2 Å². The molecule has 6 atom stereocenters. The smallest absolute Gasteiger partial charge is 0.343 e. The number of hydroxylamine groups is 2. The van der Waals surface area contributed by atoms with Crippen LogP contribution in [-0.4, -0.2) is 70.0 Å². The van der Waals surface area contributed by atoms with E-state index in [0.717, 1.165) is 10.8 Å². The first-order chi connectivity index (χ1) is 16.8. The number of fused-ring (bicyclic) bond motifs is 1. The van der Waals surface area contributed by atoms with Crippen molar-refractivity contribution in [1.82, 2.24) is 5.23 Å². The number of para-hydroxylation sites is 1. The predicted octanol–water partition coefficient (Wildman–Crippen LogP) is 1.64. The zero-order valence-electron chi connectivity index (χ0n) is 19.4. The summed E-state index contributed by atoms with van der Waals surface area (Å²) in [6.45, 7) is 1.53. The summed E-state index contributed by atoms with van der Waals surface area (Å²) in [7, 11) is 1.36. The van der Waals surface area contributed by atoms with Crippen LogP contribution in [0.15, 0.2) is 63.8 Å². The predicted molar refractivity (Wildman–Crippen MR) is 124 cm³/mol. The van der Waals surface area contributed by atoms with Gasteiger partial charge in [-0.3, -0.25) is 4.84 Å². The van der Waals surface area contributed by atoms with Gasteiger partial charge in [-0.25, -0.2) is 9.63 Å². The van der Waals surface area contributed by atoms with Crippen LogP contribution in [0.3, 0.4) is 0 Å². The molecule has 1 saturated heterocycles. The lowest BCUT2D eigenvalue weighted by Crippen LogP contribution is -2.55. The van der Waals surface area contributed by atoms with Gasteiger partial charge in [-0.2, -0.15) is 0 Å². The van der Waals surface area contributed by atoms with Crippen molar-refractivity contribution in [3.8, 4) is 5.75 Å². The average molecular weight is 488 g/mol. The van der Waals surface area contributed by atoms with Gasteiger partial charge in [0.05, 0.1) is 30.7 Å². The first-order valence-electron chi connectivity index (χ1n) is 11.3. The van der Waals surface area contributed by atoms with Gasteiger partial charge in [0.1, 0.15) is 29.6 Å². The van der Waals surface area contributed by atoms with Gasteiger partial charge in [0.2, 0.25) is 6.29 Å². The molecule has 0 spiro atoms. The third-order valence-electron chi connectivity index (χ3n) is 6.15. The fourth-order valence-corrected chi connectivity index (χ4v) is 4.29. The van der Waals surface area contributed by atoms with Crippen molar-refractivity contribution in [2.24, 2.45) is 0 Å². The van der Waals surface area contributed by atoms with E-state index in [1.807, 2.05) is 30.3 Å². The minimum atomic E-state index is -1.51. The van der Waals surface area contributed by atoms with Gasteiger partial charge in [0, 0.05) is 5.92 Å². The third kappa shape index (κ3) is 5.24. The summed E-state index contributed by atoms with van der Waals surface area (Å²) in [4.78, 5) is 24.0. The molecule has 10 heteroatoms. The molecule has 188 valence electrons. The number of hydrogen-bond donors (Lipinski definition) is 4. The molecular formula is C25H29NO9. The van der Waals surface area contributed by atoms with E-state index in [2.05, 4.69) is 0 Å². The zero-order chi connectivity index (χ0) is 25.1. The minimum absolute atomic E-state index is 0.102. The van der Waals surface area contributed by atoms with Gasteiger partial charge in [-0.05, 0) is 31.0 Å². The van der Waals surface area contributed by atoms with Gasteiger partial charge in [-0.1, -0.05) is 47.7 Å². The normalized spacial score (nSPS) is 24.5.